The van der Waals surface area contributed by atoms with Crippen molar-refractivity contribution in [3.8, 4) is 5.75 Å². The number of unbranched alkanes of at least 4 members (excludes halogenated alkanes) is 1. The van der Waals surface area contributed by atoms with Crippen LogP contribution in [0.3, 0.4) is 0 Å². The summed E-state index contributed by atoms with van der Waals surface area (Å²) in [5.74, 6) is 2.09. The van der Waals surface area contributed by atoms with Gasteiger partial charge in [0.1, 0.15) is 23.3 Å². The minimum atomic E-state index is 0.866. The molecule has 0 spiro atoms. The summed E-state index contributed by atoms with van der Waals surface area (Å²) in [6.45, 7) is 8.90. The molecule has 1 aliphatic rings. The first-order valence-corrected chi connectivity index (χ1v) is 16.1. The summed E-state index contributed by atoms with van der Waals surface area (Å²) < 4.78 is 10.4. The zero-order chi connectivity index (χ0) is 29.7. The molecular formula is C36H46N4OS+2. The lowest BCUT2D eigenvalue weighted by Gasteiger charge is -2.40. The second-order valence-corrected chi connectivity index (χ2v) is 12.9. The van der Waals surface area contributed by atoms with Crippen molar-refractivity contribution >= 4 is 44.6 Å². The Morgan fingerprint density at radius 2 is 1.69 bits per heavy atom. The fourth-order valence-electron chi connectivity index (χ4n) is 5.59. The van der Waals surface area contributed by atoms with Crippen molar-refractivity contribution in [3.63, 3.8) is 0 Å². The smallest absolute Gasteiger partial charge is 0.263 e. The second kappa shape index (κ2) is 13.1. The predicted octanol–water partition coefficient (Wildman–Crippen LogP) is 7.86. The van der Waals surface area contributed by atoms with Crippen molar-refractivity contribution in [2.24, 2.45) is 7.05 Å². The van der Waals surface area contributed by atoms with Gasteiger partial charge < -0.3 is 14.1 Å². The number of methoxy groups -OCH3 is 1. The van der Waals surface area contributed by atoms with Gasteiger partial charge >= 0.3 is 0 Å². The molecule has 0 saturated carbocycles. The Bertz CT molecular complexity index is 1570. The number of thiazole rings is 1. The minimum Gasteiger partial charge on any atom is -0.497 e. The summed E-state index contributed by atoms with van der Waals surface area (Å²) in [7, 11) is 8.59. The number of para-hydroxylation sites is 2. The lowest BCUT2D eigenvalue weighted by atomic mass is 9.97. The van der Waals surface area contributed by atoms with Crippen molar-refractivity contribution in [2.75, 3.05) is 52.3 Å². The zero-order valence-electron chi connectivity index (χ0n) is 26.1. The second-order valence-electron chi connectivity index (χ2n) is 11.8. The average Bonchev–Trinajstić information content (AvgIpc) is 3.33. The van der Waals surface area contributed by atoms with Crippen LogP contribution in [0.15, 0.2) is 84.7 Å². The maximum Gasteiger partial charge on any atom is 0.263 e. The minimum absolute atomic E-state index is 0.866. The number of quaternary nitrogens is 1. The van der Waals surface area contributed by atoms with E-state index in [0.717, 1.165) is 67.0 Å². The van der Waals surface area contributed by atoms with Crippen LogP contribution in [0, 0.1) is 0 Å². The van der Waals surface area contributed by atoms with Crippen molar-refractivity contribution in [3.05, 3.63) is 95.3 Å². The van der Waals surface area contributed by atoms with Crippen LogP contribution in [0.5, 0.6) is 5.75 Å². The van der Waals surface area contributed by atoms with Crippen LogP contribution in [0.25, 0.3) is 21.9 Å². The number of allylic oxidation sites excluding steroid dienone is 2. The Morgan fingerprint density at radius 1 is 0.952 bits per heavy atom. The standard InChI is InChI=1S/C36H46N4OS/c1-7-9-22-38(23-15-24-40(4,5)8-2)35-25-28(26-36-37(3)32-18-13-14-19-34(32)42-36)31-21-20-30(41-6)27-33(31)39(35)29-16-11-10-12-17-29/h10-14,16-21,25-27H,7-9,15,22-24H2,1-6H3/q+2. The molecule has 3 aromatic carbocycles. The van der Waals surface area contributed by atoms with Gasteiger partial charge in [0.05, 0.1) is 40.0 Å². The van der Waals surface area contributed by atoms with Gasteiger partial charge in [-0.2, -0.15) is 4.57 Å². The van der Waals surface area contributed by atoms with Crippen molar-refractivity contribution in [1.82, 2.24) is 4.90 Å². The Labute approximate surface area is 256 Å². The number of hydrogen-bond acceptors (Lipinski definition) is 4. The quantitative estimate of drug-likeness (QED) is 0.125. The van der Waals surface area contributed by atoms with Crippen LogP contribution in [0.2, 0.25) is 0 Å². The highest BCUT2D eigenvalue weighted by atomic mass is 32.1. The fraction of sp³-hybridized carbons (Fsp3) is 0.361. The number of nitrogens with zero attached hydrogens (tertiary/aromatic N) is 4. The number of benzene rings is 3. The third-order valence-electron chi connectivity index (χ3n) is 8.49. The molecule has 220 valence electrons. The Hall–Kier alpha value is -3.61. The number of aromatic nitrogens is 1. The lowest BCUT2D eigenvalue weighted by molar-refractivity contribution is -0.888. The van der Waals surface area contributed by atoms with Crippen molar-refractivity contribution < 1.29 is 13.8 Å². The fourth-order valence-corrected chi connectivity index (χ4v) is 6.69. The summed E-state index contributed by atoms with van der Waals surface area (Å²) >= 11 is 1.84. The summed E-state index contributed by atoms with van der Waals surface area (Å²) in [5, 5.41) is 1.24. The van der Waals surface area contributed by atoms with E-state index in [9.17, 15) is 0 Å². The van der Waals surface area contributed by atoms with Gasteiger partial charge in [-0.15, -0.1) is 0 Å². The molecule has 0 bridgehead atoms. The molecule has 0 atom stereocenters. The summed E-state index contributed by atoms with van der Waals surface area (Å²) in [6.07, 6.45) is 8.24. The number of aryl methyl sites for hydroxylation is 1. The molecule has 1 aliphatic heterocycles. The summed E-state index contributed by atoms with van der Waals surface area (Å²) in [6, 6.07) is 25.9. The third kappa shape index (κ3) is 6.40. The molecule has 0 N–H and O–H groups in total. The summed E-state index contributed by atoms with van der Waals surface area (Å²) in [5.41, 5.74) is 6.01. The van der Waals surface area contributed by atoms with Crippen LogP contribution in [0.1, 0.15) is 43.7 Å². The number of rotatable bonds is 12. The van der Waals surface area contributed by atoms with Gasteiger partial charge in [0.25, 0.3) is 5.01 Å². The number of ether oxygens (including phenoxy) is 1. The Morgan fingerprint density at radius 3 is 2.40 bits per heavy atom. The Kier molecular flexibility index (Phi) is 9.34. The Balaban J connectivity index is 1.68. The molecule has 6 heteroatoms. The molecule has 0 saturated heterocycles. The lowest BCUT2D eigenvalue weighted by Crippen LogP contribution is -2.42. The van der Waals surface area contributed by atoms with Crippen LogP contribution >= 0.6 is 11.3 Å². The molecule has 0 aliphatic carbocycles. The molecule has 0 fully saturated rings. The topological polar surface area (TPSA) is 19.6 Å². The maximum absolute atomic E-state index is 5.77. The van der Waals surface area contributed by atoms with Crippen LogP contribution < -0.4 is 14.2 Å². The SMILES string of the molecule is CCCCN(CCC[N+](C)(C)CC)C1=CC(=Cc2sc3ccccc3[n+]2C)c2ccc(OC)cc2N1c1ccccc1. The van der Waals surface area contributed by atoms with Gasteiger partial charge in [-0.1, -0.05) is 55.0 Å². The van der Waals surface area contributed by atoms with E-state index in [1.807, 2.05) is 11.3 Å². The molecule has 42 heavy (non-hydrogen) atoms. The van der Waals surface area contributed by atoms with E-state index in [1.165, 1.54) is 32.2 Å². The molecule has 4 aromatic rings. The first kappa shape index (κ1) is 29.9. The van der Waals surface area contributed by atoms with Gasteiger partial charge in [-0.3, -0.25) is 4.90 Å². The van der Waals surface area contributed by atoms with E-state index in [1.54, 1.807) is 7.11 Å². The highest BCUT2D eigenvalue weighted by molar-refractivity contribution is 7.18. The van der Waals surface area contributed by atoms with Crippen LogP contribution in [0.4, 0.5) is 11.4 Å². The van der Waals surface area contributed by atoms with Gasteiger partial charge in [0, 0.05) is 49.0 Å². The van der Waals surface area contributed by atoms with Crippen LogP contribution in [-0.4, -0.2) is 56.8 Å². The third-order valence-corrected chi connectivity index (χ3v) is 9.65. The normalized spacial score (nSPS) is 14.3. The molecule has 0 amide bonds. The van der Waals surface area contributed by atoms with E-state index in [2.05, 4.69) is 134 Å². The van der Waals surface area contributed by atoms with E-state index >= 15 is 0 Å². The van der Waals surface area contributed by atoms with Gasteiger partial charge in [-0.25, -0.2) is 0 Å². The maximum atomic E-state index is 5.77. The zero-order valence-corrected chi connectivity index (χ0v) is 27.0. The molecule has 0 radical (unpaired) electrons. The van der Waals surface area contributed by atoms with E-state index < -0.39 is 0 Å². The molecule has 0 unspecified atom stereocenters. The van der Waals surface area contributed by atoms with Crippen molar-refractivity contribution in [1.29, 1.82) is 0 Å². The van der Waals surface area contributed by atoms with E-state index in [4.69, 9.17) is 4.74 Å². The van der Waals surface area contributed by atoms with Crippen molar-refractivity contribution in [2.45, 2.75) is 33.1 Å². The molecule has 5 nitrogen and oxygen atoms in total. The first-order chi connectivity index (χ1) is 20.3. The molecule has 1 aromatic heterocycles. The largest absolute Gasteiger partial charge is 0.497 e. The first-order valence-electron chi connectivity index (χ1n) is 15.3. The van der Waals surface area contributed by atoms with E-state index in [-0.39, 0.29) is 0 Å². The predicted molar refractivity (Wildman–Crippen MR) is 179 cm³/mol. The number of anilines is 2. The molecule has 2 heterocycles. The highest BCUT2D eigenvalue weighted by Gasteiger charge is 2.29. The number of fused-ring (bicyclic) bond motifs is 2. The average molecular weight is 583 g/mol. The van der Waals surface area contributed by atoms with Gasteiger partial charge in [-0.05, 0) is 55.3 Å². The monoisotopic (exact) mass is 582 g/mol. The number of hydrogen-bond donors (Lipinski definition) is 0. The summed E-state index contributed by atoms with van der Waals surface area (Å²) in [4.78, 5) is 5.06. The molecule has 5 rings (SSSR count). The van der Waals surface area contributed by atoms with Crippen LogP contribution in [-0.2, 0) is 7.05 Å². The highest BCUT2D eigenvalue weighted by Crippen LogP contribution is 2.44. The van der Waals surface area contributed by atoms with E-state index in [0.29, 0.717) is 0 Å². The van der Waals surface area contributed by atoms with Gasteiger partial charge in [0.2, 0.25) is 5.52 Å². The molecular weight excluding hydrogens is 536 g/mol. The van der Waals surface area contributed by atoms with Gasteiger partial charge in [0.15, 0.2) is 0 Å².